The third kappa shape index (κ3) is 4.32. The van der Waals surface area contributed by atoms with Crippen molar-refractivity contribution >= 4 is 11.5 Å². The summed E-state index contributed by atoms with van der Waals surface area (Å²) in [5, 5.41) is 7.99. The molecule has 2 rings (SSSR count). The van der Waals surface area contributed by atoms with Crippen LogP contribution in [0, 0.1) is 0 Å². The van der Waals surface area contributed by atoms with E-state index >= 15 is 0 Å². The summed E-state index contributed by atoms with van der Waals surface area (Å²) in [4.78, 5) is 5.69. The van der Waals surface area contributed by atoms with Crippen LogP contribution in [0.15, 0.2) is 24.4 Å². The van der Waals surface area contributed by atoms with Crippen LogP contribution in [0.25, 0.3) is 0 Å². The van der Waals surface area contributed by atoms with Gasteiger partial charge >= 0.3 is 0 Å². The second-order valence-electron chi connectivity index (χ2n) is 6.27. The Kier molecular flexibility index (Phi) is 5.42. The fourth-order valence-corrected chi connectivity index (χ4v) is 3.19. The van der Waals surface area contributed by atoms with Crippen molar-refractivity contribution in [3.63, 3.8) is 0 Å². The van der Waals surface area contributed by atoms with E-state index in [0.29, 0.717) is 0 Å². The van der Waals surface area contributed by atoms with E-state index in [1.54, 1.807) is 0 Å². The van der Waals surface area contributed by atoms with E-state index < -0.39 is 0 Å². The molecular weight excluding hydrogens is 280 g/mol. The van der Waals surface area contributed by atoms with Gasteiger partial charge < -0.3 is 5.32 Å². The SMILES string of the molecule is CCCNC(Cc1ccccn1)c1snnc1C(C)(C)C. The minimum Gasteiger partial charge on any atom is -0.309 e. The summed E-state index contributed by atoms with van der Waals surface area (Å²) in [6, 6.07) is 6.29. The lowest BCUT2D eigenvalue weighted by atomic mass is 9.89. The van der Waals surface area contributed by atoms with Gasteiger partial charge in [-0.05, 0) is 36.6 Å². The van der Waals surface area contributed by atoms with Gasteiger partial charge in [0.05, 0.1) is 16.6 Å². The van der Waals surface area contributed by atoms with E-state index in [1.807, 2.05) is 18.3 Å². The number of pyridine rings is 1. The van der Waals surface area contributed by atoms with Crippen LogP contribution in [0.1, 0.15) is 56.4 Å². The minimum absolute atomic E-state index is 0.0125. The lowest BCUT2D eigenvalue weighted by molar-refractivity contribution is 0.501. The average Bonchev–Trinajstić information content (AvgIpc) is 2.94. The number of hydrogen-bond donors (Lipinski definition) is 1. The molecule has 2 heterocycles. The van der Waals surface area contributed by atoms with Crippen LogP contribution in [0.2, 0.25) is 0 Å². The maximum atomic E-state index is 4.45. The molecule has 1 unspecified atom stereocenters. The number of rotatable bonds is 6. The maximum absolute atomic E-state index is 4.45. The largest absolute Gasteiger partial charge is 0.309 e. The third-order valence-electron chi connectivity index (χ3n) is 3.32. The zero-order valence-electron chi connectivity index (χ0n) is 13.3. The first-order chi connectivity index (χ1) is 10.0. The normalized spacial score (nSPS) is 13.3. The molecule has 2 aromatic heterocycles. The summed E-state index contributed by atoms with van der Waals surface area (Å²) < 4.78 is 4.19. The molecule has 5 heteroatoms. The van der Waals surface area contributed by atoms with Crippen LogP contribution in [-0.2, 0) is 11.8 Å². The van der Waals surface area contributed by atoms with Crippen molar-refractivity contribution in [3.05, 3.63) is 40.7 Å². The molecule has 0 radical (unpaired) electrons. The molecule has 0 aromatic carbocycles. The molecule has 0 spiro atoms. The Morgan fingerprint density at radius 3 is 2.71 bits per heavy atom. The molecule has 114 valence electrons. The molecule has 0 aliphatic rings. The molecule has 0 bridgehead atoms. The number of aromatic nitrogens is 3. The van der Waals surface area contributed by atoms with Crippen LogP contribution >= 0.6 is 11.5 Å². The predicted octanol–water partition coefficient (Wildman–Crippen LogP) is 3.51. The van der Waals surface area contributed by atoms with Crippen molar-refractivity contribution in [1.29, 1.82) is 0 Å². The fraction of sp³-hybridized carbons (Fsp3) is 0.562. The zero-order chi connectivity index (χ0) is 15.3. The van der Waals surface area contributed by atoms with Crippen LogP contribution in [-0.4, -0.2) is 21.1 Å². The molecule has 0 aliphatic carbocycles. The van der Waals surface area contributed by atoms with Gasteiger partial charge in [0.2, 0.25) is 0 Å². The van der Waals surface area contributed by atoms with Crippen LogP contribution < -0.4 is 5.32 Å². The summed E-state index contributed by atoms with van der Waals surface area (Å²) >= 11 is 1.50. The lowest BCUT2D eigenvalue weighted by Gasteiger charge is -2.22. The first-order valence-electron chi connectivity index (χ1n) is 7.48. The van der Waals surface area contributed by atoms with E-state index in [-0.39, 0.29) is 11.5 Å². The second-order valence-corrected chi connectivity index (χ2v) is 7.05. The van der Waals surface area contributed by atoms with Crippen LogP contribution in [0.3, 0.4) is 0 Å². The fourth-order valence-electron chi connectivity index (χ4n) is 2.25. The highest BCUT2D eigenvalue weighted by Crippen LogP contribution is 2.31. The Morgan fingerprint density at radius 1 is 1.29 bits per heavy atom. The van der Waals surface area contributed by atoms with Crippen molar-refractivity contribution in [1.82, 2.24) is 19.9 Å². The van der Waals surface area contributed by atoms with Gasteiger partial charge in [-0.1, -0.05) is 38.2 Å². The molecule has 4 nitrogen and oxygen atoms in total. The van der Waals surface area contributed by atoms with Crippen molar-refractivity contribution in [2.24, 2.45) is 0 Å². The second kappa shape index (κ2) is 7.09. The highest BCUT2D eigenvalue weighted by atomic mass is 32.1. The summed E-state index contributed by atoms with van der Waals surface area (Å²) in [5.74, 6) is 0. The van der Waals surface area contributed by atoms with E-state index in [1.165, 1.54) is 16.4 Å². The molecule has 0 aliphatic heterocycles. The highest BCUT2D eigenvalue weighted by Gasteiger charge is 2.27. The van der Waals surface area contributed by atoms with Crippen LogP contribution in [0.4, 0.5) is 0 Å². The van der Waals surface area contributed by atoms with Gasteiger partial charge in [0.15, 0.2) is 0 Å². The van der Waals surface area contributed by atoms with Gasteiger partial charge in [-0.25, -0.2) is 0 Å². The van der Waals surface area contributed by atoms with Crippen molar-refractivity contribution in [2.45, 2.75) is 52.0 Å². The monoisotopic (exact) mass is 304 g/mol. The smallest absolute Gasteiger partial charge is 0.0857 e. The standard InChI is InChI=1S/C16H24N4S/c1-5-9-18-13(11-12-8-6-7-10-17-12)14-15(16(2,3)4)19-20-21-14/h6-8,10,13,18H,5,9,11H2,1-4H3. The van der Waals surface area contributed by atoms with Gasteiger partial charge in [0.25, 0.3) is 0 Å². The summed E-state index contributed by atoms with van der Waals surface area (Å²) in [5.41, 5.74) is 2.20. The van der Waals surface area contributed by atoms with Gasteiger partial charge in [0, 0.05) is 23.7 Å². The van der Waals surface area contributed by atoms with Crippen molar-refractivity contribution in [2.75, 3.05) is 6.54 Å². The Balaban J connectivity index is 2.26. The maximum Gasteiger partial charge on any atom is 0.0857 e. The molecule has 2 aromatic rings. The highest BCUT2D eigenvalue weighted by molar-refractivity contribution is 7.05. The van der Waals surface area contributed by atoms with Gasteiger partial charge in [-0.2, -0.15) is 0 Å². The van der Waals surface area contributed by atoms with Gasteiger partial charge in [-0.15, -0.1) is 5.10 Å². The molecular formula is C16H24N4S. The van der Waals surface area contributed by atoms with E-state index in [9.17, 15) is 0 Å². The number of nitrogens with one attached hydrogen (secondary N) is 1. The molecule has 0 fully saturated rings. The summed E-state index contributed by atoms with van der Waals surface area (Å²) in [6.07, 6.45) is 3.82. The van der Waals surface area contributed by atoms with E-state index in [0.717, 1.165) is 30.8 Å². The average molecular weight is 304 g/mol. The third-order valence-corrected chi connectivity index (χ3v) is 4.16. The topological polar surface area (TPSA) is 50.7 Å². The van der Waals surface area contributed by atoms with E-state index in [4.69, 9.17) is 0 Å². The first kappa shape index (κ1) is 16.0. The molecule has 1 N–H and O–H groups in total. The molecule has 0 amide bonds. The van der Waals surface area contributed by atoms with Crippen LogP contribution in [0.5, 0.6) is 0 Å². The zero-order valence-corrected chi connectivity index (χ0v) is 14.1. The Morgan fingerprint density at radius 2 is 2.10 bits per heavy atom. The lowest BCUT2D eigenvalue weighted by Crippen LogP contribution is -2.26. The van der Waals surface area contributed by atoms with Crippen molar-refractivity contribution < 1.29 is 0 Å². The van der Waals surface area contributed by atoms with Crippen molar-refractivity contribution in [3.8, 4) is 0 Å². The Hall–Kier alpha value is -1.33. The van der Waals surface area contributed by atoms with E-state index in [2.05, 4.69) is 53.6 Å². The molecule has 0 saturated carbocycles. The quantitative estimate of drug-likeness (QED) is 0.887. The predicted molar refractivity (Wildman–Crippen MR) is 87.6 cm³/mol. The minimum atomic E-state index is 0.0125. The number of nitrogens with zero attached hydrogens (tertiary/aromatic N) is 3. The molecule has 0 saturated heterocycles. The summed E-state index contributed by atoms with van der Waals surface area (Å²) in [7, 11) is 0. The summed E-state index contributed by atoms with van der Waals surface area (Å²) in [6.45, 7) is 9.72. The van der Waals surface area contributed by atoms with Gasteiger partial charge in [-0.3, -0.25) is 4.98 Å². The Bertz CT molecular complexity index is 545. The Labute approximate surface area is 131 Å². The number of hydrogen-bond acceptors (Lipinski definition) is 5. The molecule has 1 atom stereocenters. The van der Waals surface area contributed by atoms with Gasteiger partial charge in [0.1, 0.15) is 0 Å². The molecule has 21 heavy (non-hydrogen) atoms. The first-order valence-corrected chi connectivity index (χ1v) is 8.25.